The largest absolute Gasteiger partial charge is 0.395 e. The van der Waals surface area contributed by atoms with Crippen molar-refractivity contribution in [2.45, 2.75) is 6.42 Å². The van der Waals surface area contributed by atoms with Crippen LogP contribution >= 0.6 is 11.6 Å². The van der Waals surface area contributed by atoms with E-state index in [-0.39, 0.29) is 11.6 Å². The van der Waals surface area contributed by atoms with Crippen molar-refractivity contribution < 1.29 is 9.50 Å². The van der Waals surface area contributed by atoms with E-state index in [1.54, 1.807) is 6.07 Å². The fourth-order valence-corrected chi connectivity index (χ4v) is 1.22. The summed E-state index contributed by atoms with van der Waals surface area (Å²) >= 11 is 5.50. The average Bonchev–Trinajstić information content (AvgIpc) is 2.19. The van der Waals surface area contributed by atoms with Gasteiger partial charge in [0, 0.05) is 0 Å². The van der Waals surface area contributed by atoms with Crippen LogP contribution in [0.15, 0.2) is 18.2 Å². The molecule has 1 aromatic rings. The number of hydrogen-bond acceptors (Lipinski definition) is 2. The first-order valence-electron chi connectivity index (χ1n) is 4.11. The summed E-state index contributed by atoms with van der Waals surface area (Å²) < 4.78 is 13.0. The van der Waals surface area contributed by atoms with Gasteiger partial charge in [-0.3, -0.25) is 0 Å². The minimum absolute atomic E-state index is 0.0613. The smallest absolute Gasteiger partial charge is 0.142 e. The fourth-order valence-electron chi connectivity index (χ4n) is 1.10. The molecule has 0 aliphatic heterocycles. The Hall–Kier alpha value is -1.11. The number of aliphatic hydroxyl groups excluding tert-OH is 1. The lowest BCUT2D eigenvalue weighted by Crippen LogP contribution is -2.06. The van der Waals surface area contributed by atoms with E-state index in [4.69, 9.17) is 22.0 Å². The van der Waals surface area contributed by atoms with Gasteiger partial charge < -0.3 is 5.11 Å². The molecule has 1 unspecified atom stereocenters. The Morgan fingerprint density at radius 3 is 2.79 bits per heavy atom. The Kier molecular flexibility index (Phi) is 3.87. The lowest BCUT2D eigenvalue weighted by atomic mass is 10.0. The number of rotatable bonds is 3. The number of benzene rings is 1. The number of nitrogens with zero attached hydrogens (tertiary/aromatic N) is 1. The maximum Gasteiger partial charge on any atom is 0.142 e. The van der Waals surface area contributed by atoms with Crippen molar-refractivity contribution in [2.75, 3.05) is 6.61 Å². The summed E-state index contributed by atoms with van der Waals surface area (Å²) in [6, 6.07) is 6.30. The first kappa shape index (κ1) is 11.0. The molecule has 0 aliphatic rings. The number of aliphatic hydroxyl groups is 1. The van der Waals surface area contributed by atoms with E-state index in [2.05, 4.69) is 0 Å². The van der Waals surface area contributed by atoms with Crippen LogP contribution in [0.1, 0.15) is 5.56 Å². The SMILES string of the molecule is N#CC(CO)Cc1ccc(Cl)c(F)c1. The van der Waals surface area contributed by atoms with Crippen LogP contribution in [0, 0.1) is 23.1 Å². The predicted molar refractivity (Wildman–Crippen MR) is 51.3 cm³/mol. The molecule has 0 amide bonds. The first-order valence-corrected chi connectivity index (χ1v) is 4.49. The summed E-state index contributed by atoms with van der Waals surface area (Å²) in [4.78, 5) is 0. The van der Waals surface area contributed by atoms with Crippen molar-refractivity contribution >= 4 is 11.6 Å². The summed E-state index contributed by atoms with van der Waals surface area (Å²) in [6.45, 7) is -0.221. The highest BCUT2D eigenvalue weighted by atomic mass is 35.5. The Bertz CT molecular complexity index is 362. The van der Waals surface area contributed by atoms with Crippen molar-refractivity contribution in [3.63, 3.8) is 0 Å². The third-order valence-corrected chi connectivity index (χ3v) is 2.18. The van der Waals surface area contributed by atoms with E-state index >= 15 is 0 Å². The van der Waals surface area contributed by atoms with Gasteiger partial charge in [-0.2, -0.15) is 5.26 Å². The molecular weight excluding hydrogens is 205 g/mol. The lowest BCUT2D eigenvalue weighted by molar-refractivity contribution is 0.255. The summed E-state index contributed by atoms with van der Waals surface area (Å²) in [5.41, 5.74) is 0.660. The van der Waals surface area contributed by atoms with Crippen LogP contribution in [0.2, 0.25) is 5.02 Å². The molecule has 0 saturated carbocycles. The number of halogens is 2. The van der Waals surface area contributed by atoms with Crippen LogP contribution in [0.25, 0.3) is 0 Å². The van der Waals surface area contributed by atoms with E-state index in [1.807, 2.05) is 6.07 Å². The van der Waals surface area contributed by atoms with E-state index < -0.39 is 11.7 Å². The van der Waals surface area contributed by atoms with Crippen LogP contribution in [-0.2, 0) is 6.42 Å². The molecule has 1 N–H and O–H groups in total. The highest BCUT2D eigenvalue weighted by molar-refractivity contribution is 6.30. The maximum atomic E-state index is 13.0. The van der Waals surface area contributed by atoms with Crippen molar-refractivity contribution in [3.05, 3.63) is 34.6 Å². The molecule has 0 bridgehead atoms. The van der Waals surface area contributed by atoms with E-state index in [9.17, 15) is 4.39 Å². The third kappa shape index (κ3) is 2.69. The Labute approximate surface area is 86.5 Å². The molecule has 0 saturated heterocycles. The zero-order valence-electron chi connectivity index (χ0n) is 7.37. The van der Waals surface area contributed by atoms with Crippen molar-refractivity contribution in [2.24, 2.45) is 5.92 Å². The summed E-state index contributed by atoms with van der Waals surface area (Å²) in [6.07, 6.45) is 0.334. The van der Waals surface area contributed by atoms with E-state index in [0.29, 0.717) is 12.0 Å². The lowest BCUT2D eigenvalue weighted by Gasteiger charge is -2.05. The fraction of sp³-hybridized carbons (Fsp3) is 0.300. The Morgan fingerprint density at radius 1 is 1.57 bits per heavy atom. The minimum Gasteiger partial charge on any atom is -0.395 e. The summed E-state index contributed by atoms with van der Waals surface area (Å²) in [5.74, 6) is -0.991. The standard InChI is InChI=1S/C10H9ClFNO/c11-9-2-1-7(4-10(9)12)3-8(5-13)6-14/h1-2,4,8,14H,3,6H2. The third-order valence-electron chi connectivity index (χ3n) is 1.87. The quantitative estimate of drug-likeness (QED) is 0.836. The van der Waals surface area contributed by atoms with Crippen LogP contribution in [0.4, 0.5) is 4.39 Å². The van der Waals surface area contributed by atoms with Gasteiger partial charge in [0.05, 0.1) is 23.6 Å². The second-order valence-electron chi connectivity index (χ2n) is 2.96. The molecule has 0 fully saturated rings. The van der Waals surface area contributed by atoms with E-state index in [1.165, 1.54) is 12.1 Å². The minimum atomic E-state index is -0.501. The van der Waals surface area contributed by atoms with Gasteiger partial charge in [0.2, 0.25) is 0 Å². The highest BCUT2D eigenvalue weighted by Crippen LogP contribution is 2.17. The number of nitriles is 1. The van der Waals surface area contributed by atoms with Crippen molar-refractivity contribution in [3.8, 4) is 6.07 Å². The van der Waals surface area contributed by atoms with Gasteiger partial charge in [-0.05, 0) is 24.1 Å². The molecule has 14 heavy (non-hydrogen) atoms. The molecular formula is C10H9ClFNO. The van der Waals surface area contributed by atoms with Crippen LogP contribution in [0.3, 0.4) is 0 Å². The zero-order valence-corrected chi connectivity index (χ0v) is 8.13. The Morgan fingerprint density at radius 2 is 2.29 bits per heavy atom. The van der Waals surface area contributed by atoms with Crippen LogP contribution in [0.5, 0.6) is 0 Å². The molecule has 1 aromatic carbocycles. The van der Waals surface area contributed by atoms with Gasteiger partial charge in [0.25, 0.3) is 0 Å². The molecule has 0 aromatic heterocycles. The monoisotopic (exact) mass is 213 g/mol. The van der Waals surface area contributed by atoms with Crippen molar-refractivity contribution in [1.82, 2.24) is 0 Å². The topological polar surface area (TPSA) is 44.0 Å². The van der Waals surface area contributed by atoms with Gasteiger partial charge in [0.1, 0.15) is 5.82 Å². The molecule has 2 nitrogen and oxygen atoms in total. The van der Waals surface area contributed by atoms with Gasteiger partial charge in [-0.1, -0.05) is 17.7 Å². The second kappa shape index (κ2) is 4.94. The molecule has 1 atom stereocenters. The predicted octanol–water partition coefficient (Wildman–Crippen LogP) is 2.15. The molecule has 74 valence electrons. The molecule has 0 aliphatic carbocycles. The normalized spacial score (nSPS) is 12.1. The molecule has 0 spiro atoms. The van der Waals surface area contributed by atoms with Gasteiger partial charge in [-0.15, -0.1) is 0 Å². The molecule has 0 heterocycles. The molecule has 4 heteroatoms. The van der Waals surface area contributed by atoms with Crippen LogP contribution < -0.4 is 0 Å². The van der Waals surface area contributed by atoms with Crippen molar-refractivity contribution in [1.29, 1.82) is 5.26 Å². The average molecular weight is 214 g/mol. The van der Waals surface area contributed by atoms with Gasteiger partial charge >= 0.3 is 0 Å². The molecule has 0 radical (unpaired) electrons. The second-order valence-corrected chi connectivity index (χ2v) is 3.37. The van der Waals surface area contributed by atoms with E-state index in [0.717, 1.165) is 0 Å². The highest BCUT2D eigenvalue weighted by Gasteiger charge is 2.08. The summed E-state index contributed by atoms with van der Waals surface area (Å²) in [7, 11) is 0. The summed E-state index contributed by atoms with van der Waals surface area (Å²) in [5, 5.41) is 17.4. The van der Waals surface area contributed by atoms with Gasteiger partial charge in [0.15, 0.2) is 0 Å². The zero-order chi connectivity index (χ0) is 10.6. The maximum absolute atomic E-state index is 13.0. The van der Waals surface area contributed by atoms with Gasteiger partial charge in [-0.25, -0.2) is 4.39 Å². The number of hydrogen-bond donors (Lipinski definition) is 1. The Balaban J connectivity index is 2.78. The van der Waals surface area contributed by atoms with Crippen LogP contribution in [-0.4, -0.2) is 11.7 Å². The molecule has 1 rings (SSSR count). The first-order chi connectivity index (χ1) is 6.67.